The van der Waals surface area contributed by atoms with Crippen LogP contribution in [-0.4, -0.2) is 71.1 Å². The molecule has 0 bridgehead atoms. The van der Waals surface area contributed by atoms with Crippen molar-refractivity contribution in [3.05, 3.63) is 35.9 Å². The monoisotopic (exact) mass is 404 g/mol. The lowest BCUT2D eigenvalue weighted by atomic mass is 9.95. The molecule has 1 saturated heterocycles. The maximum Gasteiger partial charge on any atom is 0.409 e. The lowest BCUT2D eigenvalue weighted by Crippen LogP contribution is -2.66. The van der Waals surface area contributed by atoms with E-state index in [-0.39, 0.29) is 25.0 Å². The molecule has 7 N–H and O–H groups in total. The highest BCUT2D eigenvalue weighted by Gasteiger charge is 2.48. The maximum atomic E-state index is 12.6. The van der Waals surface area contributed by atoms with Crippen molar-refractivity contribution in [2.24, 2.45) is 11.5 Å². The minimum atomic E-state index is -1.30. The third-order valence-corrected chi connectivity index (χ3v) is 5.46. The Morgan fingerprint density at radius 3 is 2.69 bits per heavy atom. The molecule has 29 heavy (non-hydrogen) atoms. The predicted molar refractivity (Wildman–Crippen MR) is 112 cm³/mol. The van der Waals surface area contributed by atoms with Crippen molar-refractivity contribution in [1.29, 1.82) is 5.41 Å². The van der Waals surface area contributed by atoms with Gasteiger partial charge in [-0.25, -0.2) is 4.79 Å². The summed E-state index contributed by atoms with van der Waals surface area (Å²) in [6.45, 7) is 1.68. The van der Waals surface area contributed by atoms with E-state index in [1.807, 2.05) is 35.2 Å². The van der Waals surface area contributed by atoms with Gasteiger partial charge in [-0.2, -0.15) is 0 Å². The number of nitrogens with one attached hydrogen (secondary N) is 2. The Hall–Kier alpha value is -2.65. The highest BCUT2D eigenvalue weighted by atomic mass is 16.4. The van der Waals surface area contributed by atoms with Crippen LogP contribution >= 0.6 is 0 Å². The van der Waals surface area contributed by atoms with E-state index in [4.69, 9.17) is 16.9 Å². The van der Waals surface area contributed by atoms with Crippen molar-refractivity contribution in [3.8, 4) is 0 Å². The Labute approximate surface area is 171 Å². The number of hydrogen-bond acceptors (Lipinski definition) is 5. The lowest BCUT2D eigenvalue weighted by molar-refractivity contribution is -0.132. The number of benzene rings is 1. The summed E-state index contributed by atoms with van der Waals surface area (Å²) in [7, 11) is 0. The van der Waals surface area contributed by atoms with Gasteiger partial charge in [-0.05, 0) is 31.2 Å². The maximum absolute atomic E-state index is 12.6. The number of hydrogen-bond donors (Lipinski definition) is 5. The summed E-state index contributed by atoms with van der Waals surface area (Å²) in [4.78, 5) is 28.0. The fourth-order valence-electron chi connectivity index (χ4n) is 4.08. The van der Waals surface area contributed by atoms with Gasteiger partial charge in [-0.3, -0.25) is 20.0 Å². The molecule has 160 valence electrons. The Morgan fingerprint density at radius 1 is 1.38 bits per heavy atom. The number of nitrogens with zero attached hydrogens (tertiary/aromatic N) is 2. The summed E-state index contributed by atoms with van der Waals surface area (Å²) < 4.78 is 0. The number of carbonyl (C=O) groups excluding carboxylic acids is 1. The zero-order chi connectivity index (χ0) is 21.3. The van der Waals surface area contributed by atoms with E-state index in [1.165, 1.54) is 4.90 Å². The van der Waals surface area contributed by atoms with Crippen molar-refractivity contribution >= 4 is 18.3 Å². The average molecular weight is 405 g/mol. The average Bonchev–Trinajstić information content (AvgIpc) is 3.19. The minimum Gasteiger partial charge on any atom is -0.465 e. The second kappa shape index (κ2) is 10.8. The Morgan fingerprint density at radius 2 is 2.10 bits per heavy atom. The third kappa shape index (κ3) is 5.68. The van der Waals surface area contributed by atoms with Crippen LogP contribution in [0.2, 0.25) is 0 Å². The van der Waals surface area contributed by atoms with Gasteiger partial charge < -0.3 is 21.9 Å². The van der Waals surface area contributed by atoms with Gasteiger partial charge in [0.1, 0.15) is 0 Å². The first-order chi connectivity index (χ1) is 13.9. The molecule has 2 unspecified atom stereocenters. The number of amides is 1. The summed E-state index contributed by atoms with van der Waals surface area (Å²) in [5.74, 6) is -0.116. The number of guanidine groups is 1. The molecule has 9 nitrogen and oxygen atoms in total. The molecule has 0 aliphatic carbocycles. The number of carboxylic acid groups (broad SMARTS) is 1. The molecule has 0 spiro atoms. The number of rotatable bonds is 11. The number of likely N-dealkylation sites (tertiary alicyclic amines) is 1. The second-order valence-electron chi connectivity index (χ2n) is 7.37. The van der Waals surface area contributed by atoms with Crippen LogP contribution in [0.25, 0.3) is 0 Å². The molecule has 1 aromatic rings. The van der Waals surface area contributed by atoms with Gasteiger partial charge in [0.05, 0.1) is 0 Å². The number of aldehydes is 1. The Bertz CT molecular complexity index is 686. The number of unbranched alkanes of at least 4 members (excludes halogenated alkanes) is 1. The molecular weight excluding hydrogens is 372 g/mol. The fourth-order valence-corrected chi connectivity index (χ4v) is 4.08. The molecule has 0 aromatic heterocycles. The highest BCUT2D eigenvalue weighted by Crippen LogP contribution is 2.32. The molecule has 1 aliphatic rings. The van der Waals surface area contributed by atoms with Crippen molar-refractivity contribution in [2.75, 3.05) is 26.2 Å². The standard InChI is InChI=1S/C20H32N6O3/c21-14-17-9-6-12-25(17)20(15-27,13-16-7-2-1-3-8-16)26(19(28)29)11-5-4-10-24-18(22)23/h1-3,7-8,15,17H,4-6,9-14,21H2,(H,28,29)(H4,22,23,24). The van der Waals surface area contributed by atoms with Crippen molar-refractivity contribution in [2.45, 2.75) is 43.8 Å². The molecule has 1 heterocycles. The van der Waals surface area contributed by atoms with Gasteiger partial charge in [0.15, 0.2) is 17.9 Å². The van der Waals surface area contributed by atoms with E-state index in [1.54, 1.807) is 0 Å². The fraction of sp³-hybridized carbons (Fsp3) is 0.550. The number of carbonyl (C=O) groups is 2. The molecule has 0 radical (unpaired) electrons. The molecule has 2 rings (SSSR count). The molecule has 1 aliphatic heterocycles. The van der Waals surface area contributed by atoms with Crippen molar-refractivity contribution in [3.63, 3.8) is 0 Å². The molecule has 0 saturated carbocycles. The second-order valence-corrected chi connectivity index (χ2v) is 7.37. The topological polar surface area (TPSA) is 149 Å². The third-order valence-electron chi connectivity index (χ3n) is 5.46. The quantitative estimate of drug-likeness (QED) is 0.158. The van der Waals surface area contributed by atoms with Crippen LogP contribution in [0, 0.1) is 5.41 Å². The van der Waals surface area contributed by atoms with Crippen molar-refractivity contribution in [1.82, 2.24) is 15.1 Å². The van der Waals surface area contributed by atoms with Gasteiger partial charge >= 0.3 is 6.09 Å². The van der Waals surface area contributed by atoms with Gasteiger partial charge in [-0.15, -0.1) is 0 Å². The van der Waals surface area contributed by atoms with E-state index in [2.05, 4.69) is 5.32 Å². The first-order valence-electron chi connectivity index (χ1n) is 10.00. The summed E-state index contributed by atoms with van der Waals surface area (Å²) in [6.07, 6.45) is 2.80. The van der Waals surface area contributed by atoms with Crippen LogP contribution in [-0.2, 0) is 11.2 Å². The van der Waals surface area contributed by atoms with Crippen LogP contribution in [0.4, 0.5) is 4.79 Å². The van der Waals surface area contributed by atoms with Crippen LogP contribution < -0.4 is 16.8 Å². The SMILES string of the molecule is N=C(N)NCCCCN(C(=O)O)C(C=O)(Cc1ccccc1)N1CCCC1CN. The minimum absolute atomic E-state index is 0.0369. The van der Waals surface area contributed by atoms with Gasteiger partial charge in [-0.1, -0.05) is 30.3 Å². The molecule has 2 atom stereocenters. The molecule has 1 fully saturated rings. The van der Waals surface area contributed by atoms with Crippen LogP contribution in [0.5, 0.6) is 0 Å². The van der Waals surface area contributed by atoms with Crippen LogP contribution in [0.15, 0.2) is 30.3 Å². The largest absolute Gasteiger partial charge is 0.465 e. The molecule has 1 amide bonds. The molecule has 1 aromatic carbocycles. The van der Waals surface area contributed by atoms with Gasteiger partial charge in [0.2, 0.25) is 0 Å². The van der Waals surface area contributed by atoms with Crippen LogP contribution in [0.1, 0.15) is 31.2 Å². The van der Waals surface area contributed by atoms with Gasteiger partial charge in [0, 0.05) is 38.6 Å². The molecular formula is C20H32N6O3. The first-order valence-corrected chi connectivity index (χ1v) is 10.00. The van der Waals surface area contributed by atoms with Crippen molar-refractivity contribution < 1.29 is 14.7 Å². The highest BCUT2D eigenvalue weighted by molar-refractivity contribution is 5.76. The van der Waals surface area contributed by atoms with E-state index >= 15 is 0 Å². The Balaban J connectivity index is 2.30. The lowest BCUT2D eigenvalue weighted by Gasteiger charge is -2.47. The summed E-state index contributed by atoms with van der Waals surface area (Å²) in [5, 5.41) is 19.9. The van der Waals surface area contributed by atoms with E-state index in [9.17, 15) is 14.7 Å². The summed E-state index contributed by atoms with van der Waals surface area (Å²) >= 11 is 0. The normalized spacial score (nSPS) is 18.7. The summed E-state index contributed by atoms with van der Waals surface area (Å²) in [5.41, 5.74) is 10.8. The smallest absolute Gasteiger partial charge is 0.409 e. The molecule has 9 heteroatoms. The zero-order valence-corrected chi connectivity index (χ0v) is 16.7. The van der Waals surface area contributed by atoms with E-state index in [0.29, 0.717) is 32.5 Å². The van der Waals surface area contributed by atoms with Crippen LogP contribution in [0.3, 0.4) is 0 Å². The predicted octanol–water partition coefficient (Wildman–Crippen LogP) is 0.791. The summed E-state index contributed by atoms with van der Waals surface area (Å²) in [6, 6.07) is 9.43. The Kier molecular flexibility index (Phi) is 8.41. The number of nitrogens with two attached hydrogens (primary N) is 2. The van der Waals surface area contributed by atoms with E-state index < -0.39 is 11.8 Å². The first kappa shape index (κ1) is 22.6. The van der Waals surface area contributed by atoms with Gasteiger partial charge in [0.25, 0.3) is 0 Å². The van der Waals surface area contributed by atoms with E-state index in [0.717, 1.165) is 24.7 Å². The zero-order valence-electron chi connectivity index (χ0n) is 16.7.